The Bertz CT molecular complexity index is 642. The lowest BCUT2D eigenvalue weighted by molar-refractivity contribution is -0.119. The molecule has 5 heteroatoms. The van der Waals surface area contributed by atoms with Crippen LogP contribution in [0, 0.1) is 0 Å². The molecule has 0 saturated carbocycles. The van der Waals surface area contributed by atoms with E-state index in [1.54, 1.807) is 0 Å². The van der Waals surface area contributed by atoms with Gasteiger partial charge in [-0.25, -0.2) is 4.98 Å². The van der Waals surface area contributed by atoms with Crippen molar-refractivity contribution < 1.29 is 9.90 Å². The molecule has 0 atom stereocenters. The third-order valence-corrected chi connectivity index (χ3v) is 3.51. The van der Waals surface area contributed by atoms with E-state index in [0.29, 0.717) is 18.9 Å². The van der Waals surface area contributed by atoms with Crippen LogP contribution < -0.4 is 10.2 Å². The number of aliphatic hydroxyl groups is 1. The number of nitrogens with zero attached hydrogens (tertiary/aromatic N) is 2. The number of amides is 1. The van der Waals surface area contributed by atoms with Crippen molar-refractivity contribution in [3.63, 3.8) is 0 Å². The second kappa shape index (κ2) is 5.46. The van der Waals surface area contributed by atoms with Crippen LogP contribution in [0.15, 0.2) is 30.3 Å². The molecule has 1 aliphatic heterocycles. The summed E-state index contributed by atoms with van der Waals surface area (Å²) in [7, 11) is 0. The summed E-state index contributed by atoms with van der Waals surface area (Å²) in [5.41, 5.74) is 1.64. The fourth-order valence-electron chi connectivity index (χ4n) is 2.53. The average molecular weight is 271 g/mol. The Morgan fingerprint density at radius 1 is 1.35 bits per heavy atom. The van der Waals surface area contributed by atoms with Crippen molar-refractivity contribution in [2.75, 3.05) is 24.5 Å². The number of aliphatic hydroxyl groups excluding tert-OH is 1. The minimum atomic E-state index is -0.0781. The van der Waals surface area contributed by atoms with E-state index in [9.17, 15) is 9.90 Å². The van der Waals surface area contributed by atoms with Crippen LogP contribution in [-0.2, 0) is 11.4 Å². The summed E-state index contributed by atoms with van der Waals surface area (Å²) in [6.07, 6.45) is 0.880. The first kappa shape index (κ1) is 12.9. The van der Waals surface area contributed by atoms with E-state index in [1.165, 1.54) is 0 Å². The number of nitrogens with one attached hydrogen (secondary N) is 1. The van der Waals surface area contributed by atoms with Crippen molar-refractivity contribution in [2.45, 2.75) is 13.0 Å². The number of aromatic nitrogens is 1. The number of hydrogen-bond donors (Lipinski definition) is 2. The molecule has 3 rings (SSSR count). The van der Waals surface area contributed by atoms with Gasteiger partial charge in [0.2, 0.25) is 5.91 Å². The van der Waals surface area contributed by atoms with E-state index in [2.05, 4.69) is 10.3 Å². The molecule has 1 aliphatic rings. The zero-order valence-electron chi connectivity index (χ0n) is 11.2. The Morgan fingerprint density at radius 3 is 3.05 bits per heavy atom. The van der Waals surface area contributed by atoms with Crippen molar-refractivity contribution in [1.82, 2.24) is 10.3 Å². The van der Waals surface area contributed by atoms with E-state index >= 15 is 0 Å². The van der Waals surface area contributed by atoms with Gasteiger partial charge in [0, 0.05) is 24.0 Å². The van der Waals surface area contributed by atoms with Crippen molar-refractivity contribution >= 4 is 22.6 Å². The van der Waals surface area contributed by atoms with Crippen molar-refractivity contribution in [1.29, 1.82) is 0 Å². The van der Waals surface area contributed by atoms with Gasteiger partial charge >= 0.3 is 0 Å². The number of carbonyl (C=O) groups excluding carboxylic acids is 1. The maximum atomic E-state index is 11.7. The molecule has 0 aliphatic carbocycles. The molecule has 0 bridgehead atoms. The van der Waals surface area contributed by atoms with E-state index in [0.717, 1.165) is 29.4 Å². The number of carbonyl (C=O) groups is 1. The van der Waals surface area contributed by atoms with Crippen LogP contribution in [0.3, 0.4) is 0 Å². The van der Waals surface area contributed by atoms with Gasteiger partial charge in [-0.2, -0.15) is 0 Å². The fraction of sp³-hybridized carbons (Fsp3) is 0.333. The molecular formula is C15H17N3O2. The molecule has 1 aromatic heterocycles. The predicted molar refractivity (Wildman–Crippen MR) is 77.5 cm³/mol. The standard InChI is InChI=1S/C15H17N3O2/c19-10-12-8-11-4-1-2-5-13(11)17-15(12)18-7-3-6-16-14(20)9-18/h1-2,4-5,8,19H,3,6-7,9-10H2,(H,16,20). The second-order valence-corrected chi connectivity index (χ2v) is 4.95. The van der Waals surface area contributed by atoms with Gasteiger partial charge in [-0.1, -0.05) is 18.2 Å². The second-order valence-electron chi connectivity index (χ2n) is 4.95. The molecule has 5 nitrogen and oxygen atoms in total. The molecular weight excluding hydrogens is 254 g/mol. The van der Waals surface area contributed by atoms with Crippen LogP contribution >= 0.6 is 0 Å². The Kier molecular flexibility index (Phi) is 3.52. The Hall–Kier alpha value is -2.14. The summed E-state index contributed by atoms with van der Waals surface area (Å²) >= 11 is 0. The SMILES string of the molecule is O=C1CN(c2nc3ccccc3cc2CO)CCCN1. The zero-order chi connectivity index (χ0) is 13.9. The lowest BCUT2D eigenvalue weighted by Crippen LogP contribution is -2.34. The maximum Gasteiger partial charge on any atom is 0.239 e. The molecule has 2 aromatic rings. The highest BCUT2D eigenvalue weighted by atomic mass is 16.3. The Balaban J connectivity index is 2.06. The van der Waals surface area contributed by atoms with E-state index < -0.39 is 0 Å². The topological polar surface area (TPSA) is 65.5 Å². The molecule has 0 radical (unpaired) electrons. The monoisotopic (exact) mass is 271 g/mol. The van der Waals surface area contributed by atoms with Gasteiger partial charge in [0.1, 0.15) is 5.82 Å². The molecule has 20 heavy (non-hydrogen) atoms. The number of para-hydroxylation sites is 1. The van der Waals surface area contributed by atoms with E-state index in [1.807, 2.05) is 35.2 Å². The highest BCUT2D eigenvalue weighted by molar-refractivity contribution is 5.84. The third kappa shape index (κ3) is 2.44. The van der Waals surface area contributed by atoms with Crippen LogP contribution in [0.1, 0.15) is 12.0 Å². The molecule has 1 amide bonds. The summed E-state index contributed by atoms with van der Waals surface area (Å²) in [6.45, 7) is 1.66. The summed E-state index contributed by atoms with van der Waals surface area (Å²) in [4.78, 5) is 18.3. The van der Waals surface area contributed by atoms with Gasteiger partial charge in [-0.3, -0.25) is 4.79 Å². The molecule has 0 spiro atoms. The third-order valence-electron chi connectivity index (χ3n) is 3.51. The van der Waals surface area contributed by atoms with Gasteiger partial charge < -0.3 is 15.3 Å². The van der Waals surface area contributed by atoms with Crippen molar-refractivity contribution in [2.24, 2.45) is 0 Å². The number of benzene rings is 1. The number of anilines is 1. The minimum absolute atomic E-state index is 0.00125. The van der Waals surface area contributed by atoms with Crippen molar-refractivity contribution in [3.8, 4) is 0 Å². The van der Waals surface area contributed by atoms with Crippen LogP contribution in [0.4, 0.5) is 5.82 Å². The average Bonchev–Trinajstić information content (AvgIpc) is 2.70. The lowest BCUT2D eigenvalue weighted by Gasteiger charge is -2.23. The quantitative estimate of drug-likeness (QED) is 0.857. The summed E-state index contributed by atoms with van der Waals surface area (Å²) < 4.78 is 0. The van der Waals surface area contributed by atoms with E-state index in [-0.39, 0.29) is 12.5 Å². The van der Waals surface area contributed by atoms with Gasteiger partial charge in [0.15, 0.2) is 0 Å². The summed E-state index contributed by atoms with van der Waals surface area (Å²) in [6, 6.07) is 9.75. The first-order chi connectivity index (χ1) is 9.78. The molecule has 2 heterocycles. The number of fused-ring (bicyclic) bond motifs is 1. The molecule has 1 aromatic carbocycles. The smallest absolute Gasteiger partial charge is 0.239 e. The number of rotatable bonds is 2. The summed E-state index contributed by atoms with van der Waals surface area (Å²) in [5, 5.41) is 13.4. The molecule has 2 N–H and O–H groups in total. The number of pyridine rings is 1. The number of hydrogen-bond acceptors (Lipinski definition) is 4. The van der Waals surface area contributed by atoms with E-state index in [4.69, 9.17) is 0 Å². The molecule has 1 saturated heterocycles. The van der Waals surface area contributed by atoms with Gasteiger partial charge in [0.05, 0.1) is 18.7 Å². The molecule has 1 fully saturated rings. The lowest BCUT2D eigenvalue weighted by atomic mass is 10.1. The largest absolute Gasteiger partial charge is 0.392 e. The van der Waals surface area contributed by atoms with Gasteiger partial charge in [-0.15, -0.1) is 0 Å². The van der Waals surface area contributed by atoms with Crippen molar-refractivity contribution in [3.05, 3.63) is 35.9 Å². The Morgan fingerprint density at radius 2 is 2.20 bits per heavy atom. The Labute approximate surface area is 117 Å². The predicted octanol–water partition coefficient (Wildman–Crippen LogP) is 1.05. The molecule has 0 unspecified atom stereocenters. The normalized spacial score (nSPS) is 16.1. The van der Waals surface area contributed by atoms with Crippen LogP contribution in [0.5, 0.6) is 0 Å². The summed E-state index contributed by atoms with van der Waals surface area (Å²) in [5.74, 6) is 0.713. The fourth-order valence-corrected chi connectivity index (χ4v) is 2.53. The maximum absolute atomic E-state index is 11.7. The van der Waals surface area contributed by atoms with Gasteiger partial charge in [-0.05, 0) is 18.6 Å². The molecule has 104 valence electrons. The van der Waals surface area contributed by atoms with Crippen LogP contribution in [-0.4, -0.2) is 35.6 Å². The first-order valence-corrected chi connectivity index (χ1v) is 6.79. The van der Waals surface area contributed by atoms with Crippen LogP contribution in [0.25, 0.3) is 10.9 Å². The van der Waals surface area contributed by atoms with Crippen LogP contribution in [0.2, 0.25) is 0 Å². The zero-order valence-corrected chi connectivity index (χ0v) is 11.2. The first-order valence-electron chi connectivity index (χ1n) is 6.79. The highest BCUT2D eigenvalue weighted by Gasteiger charge is 2.19. The minimum Gasteiger partial charge on any atom is -0.392 e. The van der Waals surface area contributed by atoms with Gasteiger partial charge in [0.25, 0.3) is 0 Å². The highest BCUT2D eigenvalue weighted by Crippen LogP contribution is 2.24.